The van der Waals surface area contributed by atoms with Crippen molar-refractivity contribution in [2.24, 2.45) is 0 Å². The summed E-state index contributed by atoms with van der Waals surface area (Å²) in [6.07, 6.45) is 0.925. The summed E-state index contributed by atoms with van der Waals surface area (Å²) in [7, 11) is 1.57. The maximum Gasteiger partial charge on any atom is 0.258 e. The average Bonchev–Trinajstić information content (AvgIpc) is 3.06. The Morgan fingerprint density at radius 1 is 1.22 bits per heavy atom. The molecule has 0 saturated carbocycles. The van der Waals surface area contributed by atoms with Crippen LogP contribution in [0.15, 0.2) is 42.5 Å². The number of benzene rings is 2. The van der Waals surface area contributed by atoms with Gasteiger partial charge in [-0.25, -0.2) is 0 Å². The summed E-state index contributed by atoms with van der Waals surface area (Å²) in [6.45, 7) is 1.16. The number of hydrogen-bond donors (Lipinski definition) is 1. The van der Waals surface area contributed by atoms with Crippen LogP contribution in [0.4, 0.5) is 0 Å². The van der Waals surface area contributed by atoms with Crippen LogP contribution < -0.4 is 19.5 Å². The van der Waals surface area contributed by atoms with Crippen LogP contribution in [0, 0.1) is 0 Å². The molecule has 0 atom stereocenters. The van der Waals surface area contributed by atoms with Gasteiger partial charge >= 0.3 is 0 Å². The van der Waals surface area contributed by atoms with E-state index in [1.54, 1.807) is 19.2 Å². The molecule has 5 heteroatoms. The monoisotopic (exact) mass is 313 g/mol. The van der Waals surface area contributed by atoms with Crippen LogP contribution in [0.5, 0.6) is 17.2 Å². The zero-order valence-corrected chi connectivity index (χ0v) is 13.0. The number of methoxy groups -OCH3 is 1. The highest BCUT2D eigenvalue weighted by Gasteiger charge is 2.12. The van der Waals surface area contributed by atoms with Gasteiger partial charge in [-0.3, -0.25) is 4.79 Å². The Bertz CT molecular complexity index is 699. The highest BCUT2D eigenvalue weighted by atomic mass is 16.5. The molecule has 1 amide bonds. The molecular formula is C18H19NO4. The van der Waals surface area contributed by atoms with Gasteiger partial charge in [-0.15, -0.1) is 0 Å². The van der Waals surface area contributed by atoms with Gasteiger partial charge in [0.05, 0.1) is 13.7 Å². The summed E-state index contributed by atoms with van der Waals surface area (Å²) < 4.78 is 16.1. The Hall–Kier alpha value is -2.69. The molecule has 2 aromatic carbocycles. The van der Waals surface area contributed by atoms with Crippen molar-refractivity contribution in [3.63, 3.8) is 0 Å². The van der Waals surface area contributed by atoms with Gasteiger partial charge in [0.2, 0.25) is 0 Å². The second kappa shape index (κ2) is 7.05. The number of para-hydroxylation sites is 2. The topological polar surface area (TPSA) is 56.8 Å². The van der Waals surface area contributed by atoms with E-state index in [4.69, 9.17) is 14.2 Å². The minimum atomic E-state index is -0.173. The summed E-state index contributed by atoms with van der Waals surface area (Å²) >= 11 is 0. The van der Waals surface area contributed by atoms with Crippen LogP contribution in [0.2, 0.25) is 0 Å². The van der Waals surface area contributed by atoms with Gasteiger partial charge in [-0.2, -0.15) is 0 Å². The van der Waals surface area contributed by atoms with Crippen molar-refractivity contribution in [2.45, 2.75) is 13.0 Å². The largest absolute Gasteiger partial charge is 0.493 e. The van der Waals surface area contributed by atoms with Crippen molar-refractivity contribution in [2.75, 3.05) is 20.3 Å². The molecule has 0 unspecified atom stereocenters. The van der Waals surface area contributed by atoms with Gasteiger partial charge in [0, 0.05) is 13.0 Å². The summed E-state index contributed by atoms with van der Waals surface area (Å²) in [5, 5.41) is 2.85. The molecule has 0 fully saturated rings. The Morgan fingerprint density at radius 3 is 2.87 bits per heavy atom. The number of nitrogens with one attached hydrogen (secondary N) is 1. The third kappa shape index (κ3) is 3.74. The van der Waals surface area contributed by atoms with Crippen molar-refractivity contribution >= 4 is 5.91 Å². The fourth-order valence-electron chi connectivity index (χ4n) is 2.48. The van der Waals surface area contributed by atoms with Crippen LogP contribution >= 0.6 is 0 Å². The standard InChI is InChI=1S/C18H19NO4/c1-21-16-4-2-3-5-17(16)23-12-18(20)19-11-13-6-7-15-14(10-13)8-9-22-15/h2-7,10H,8-9,11-12H2,1H3,(H,19,20). The fourth-order valence-corrected chi connectivity index (χ4v) is 2.48. The van der Waals surface area contributed by atoms with Crippen LogP contribution in [-0.2, 0) is 17.8 Å². The number of amides is 1. The van der Waals surface area contributed by atoms with E-state index < -0.39 is 0 Å². The highest BCUT2D eigenvalue weighted by molar-refractivity contribution is 5.77. The Labute approximate surface area is 135 Å². The van der Waals surface area contributed by atoms with Gasteiger partial charge < -0.3 is 19.5 Å². The molecule has 1 heterocycles. The molecule has 1 aliphatic heterocycles. The second-order valence-corrected chi connectivity index (χ2v) is 5.26. The first-order valence-corrected chi connectivity index (χ1v) is 7.53. The van der Waals surface area contributed by atoms with E-state index in [9.17, 15) is 4.79 Å². The number of carbonyl (C=O) groups excluding carboxylic acids is 1. The van der Waals surface area contributed by atoms with Crippen LogP contribution in [0.1, 0.15) is 11.1 Å². The highest BCUT2D eigenvalue weighted by Crippen LogP contribution is 2.26. The van der Waals surface area contributed by atoms with Crippen LogP contribution in [0.25, 0.3) is 0 Å². The van der Waals surface area contributed by atoms with E-state index in [2.05, 4.69) is 11.4 Å². The van der Waals surface area contributed by atoms with Crippen molar-refractivity contribution in [3.05, 3.63) is 53.6 Å². The fraction of sp³-hybridized carbons (Fsp3) is 0.278. The Morgan fingerprint density at radius 2 is 2.04 bits per heavy atom. The van der Waals surface area contributed by atoms with Crippen molar-refractivity contribution in [1.82, 2.24) is 5.32 Å². The predicted octanol–water partition coefficient (Wildman–Crippen LogP) is 2.33. The molecule has 0 aliphatic carbocycles. The molecule has 23 heavy (non-hydrogen) atoms. The molecule has 0 spiro atoms. The summed E-state index contributed by atoms with van der Waals surface area (Å²) in [6, 6.07) is 13.2. The average molecular weight is 313 g/mol. The first kappa shape index (κ1) is 15.2. The molecule has 0 bridgehead atoms. The lowest BCUT2D eigenvalue weighted by atomic mass is 10.1. The maximum absolute atomic E-state index is 11.9. The summed E-state index contributed by atoms with van der Waals surface area (Å²) in [5.41, 5.74) is 2.25. The molecular weight excluding hydrogens is 294 g/mol. The summed E-state index contributed by atoms with van der Waals surface area (Å²) in [4.78, 5) is 11.9. The Kier molecular flexibility index (Phi) is 4.66. The van der Waals surface area contributed by atoms with E-state index in [1.807, 2.05) is 24.3 Å². The maximum atomic E-state index is 11.9. The molecule has 0 radical (unpaired) electrons. The second-order valence-electron chi connectivity index (χ2n) is 5.26. The quantitative estimate of drug-likeness (QED) is 0.889. The minimum absolute atomic E-state index is 0.0472. The van der Waals surface area contributed by atoms with Crippen molar-refractivity contribution in [3.8, 4) is 17.2 Å². The molecule has 1 aliphatic rings. The first-order chi connectivity index (χ1) is 11.3. The van der Waals surface area contributed by atoms with Crippen molar-refractivity contribution < 1.29 is 19.0 Å². The number of carbonyl (C=O) groups is 1. The van der Waals surface area contributed by atoms with E-state index in [0.717, 1.165) is 24.3 Å². The van der Waals surface area contributed by atoms with Gasteiger partial charge in [-0.1, -0.05) is 24.3 Å². The van der Waals surface area contributed by atoms with Crippen molar-refractivity contribution in [1.29, 1.82) is 0 Å². The number of rotatable bonds is 6. The smallest absolute Gasteiger partial charge is 0.258 e. The summed E-state index contributed by atoms with van der Waals surface area (Å²) in [5.74, 6) is 1.94. The lowest BCUT2D eigenvalue weighted by molar-refractivity contribution is -0.123. The third-order valence-corrected chi connectivity index (χ3v) is 3.67. The number of ether oxygens (including phenoxy) is 3. The van der Waals surface area contributed by atoms with E-state index >= 15 is 0 Å². The van der Waals surface area contributed by atoms with Gasteiger partial charge in [0.1, 0.15) is 5.75 Å². The molecule has 120 valence electrons. The molecule has 0 aromatic heterocycles. The van der Waals surface area contributed by atoms with Crippen LogP contribution in [0.3, 0.4) is 0 Å². The lowest BCUT2D eigenvalue weighted by Crippen LogP contribution is -2.28. The van der Waals surface area contributed by atoms with E-state index in [-0.39, 0.29) is 12.5 Å². The third-order valence-electron chi connectivity index (χ3n) is 3.67. The van der Waals surface area contributed by atoms with E-state index in [0.29, 0.717) is 18.0 Å². The normalized spacial score (nSPS) is 12.2. The van der Waals surface area contributed by atoms with Gasteiger partial charge in [-0.05, 0) is 29.3 Å². The first-order valence-electron chi connectivity index (χ1n) is 7.53. The van der Waals surface area contributed by atoms with Gasteiger partial charge in [0.15, 0.2) is 18.1 Å². The minimum Gasteiger partial charge on any atom is -0.493 e. The lowest BCUT2D eigenvalue weighted by Gasteiger charge is -2.11. The zero-order chi connectivity index (χ0) is 16.1. The van der Waals surface area contributed by atoms with Gasteiger partial charge in [0.25, 0.3) is 5.91 Å². The molecule has 3 rings (SSSR count). The molecule has 0 saturated heterocycles. The van der Waals surface area contributed by atoms with Crippen LogP contribution in [-0.4, -0.2) is 26.2 Å². The molecule has 5 nitrogen and oxygen atoms in total. The molecule has 2 aromatic rings. The number of hydrogen-bond acceptors (Lipinski definition) is 4. The zero-order valence-electron chi connectivity index (χ0n) is 13.0. The molecule has 1 N–H and O–H groups in total. The number of fused-ring (bicyclic) bond motifs is 1. The Balaban J connectivity index is 1.50. The SMILES string of the molecule is COc1ccccc1OCC(=O)NCc1ccc2c(c1)CCO2. The predicted molar refractivity (Wildman–Crippen MR) is 86.0 cm³/mol. The van der Waals surface area contributed by atoms with E-state index in [1.165, 1.54) is 5.56 Å².